The molecule has 1 rings (SSSR count). The highest BCUT2D eigenvalue weighted by atomic mass is 16.5. The number of unbranched alkanes of at least 4 members (excludes halogenated alkanes) is 2. The van der Waals surface area contributed by atoms with Crippen LogP contribution in [0.2, 0.25) is 0 Å². The van der Waals surface area contributed by atoms with E-state index in [2.05, 4.69) is 11.1 Å². The van der Waals surface area contributed by atoms with E-state index in [1.165, 1.54) is 7.05 Å². The van der Waals surface area contributed by atoms with Crippen LogP contribution in [0.3, 0.4) is 0 Å². The number of benzene rings is 1. The summed E-state index contributed by atoms with van der Waals surface area (Å²) in [5.41, 5.74) is 5.44. The van der Waals surface area contributed by atoms with Crippen molar-refractivity contribution < 1.29 is 19.4 Å². The Morgan fingerprint density at radius 3 is 2.43 bits per heavy atom. The van der Waals surface area contributed by atoms with E-state index in [1.807, 2.05) is 30.3 Å². The Hall–Kier alpha value is -2.08. The number of carbonyl (C=O) groups is 2. The highest BCUT2D eigenvalue weighted by Crippen LogP contribution is 2.01. The third-order valence-electron chi connectivity index (χ3n) is 2.55. The second-order valence-corrected chi connectivity index (χ2v) is 4.19. The van der Waals surface area contributed by atoms with E-state index in [-0.39, 0.29) is 13.0 Å². The first kappa shape index (κ1) is 18.9. The van der Waals surface area contributed by atoms with E-state index in [0.717, 1.165) is 18.4 Å². The molecule has 0 spiro atoms. The van der Waals surface area contributed by atoms with Crippen molar-refractivity contribution in [2.75, 3.05) is 13.6 Å². The summed E-state index contributed by atoms with van der Waals surface area (Å²) in [6.07, 6.45) is 1.91. The highest BCUT2D eigenvalue weighted by Gasteiger charge is 2.02. The Labute approximate surface area is 125 Å². The number of carboxylic acids is 1. The lowest BCUT2D eigenvalue weighted by atomic mass is 10.2. The van der Waals surface area contributed by atoms with E-state index in [0.29, 0.717) is 13.0 Å². The summed E-state index contributed by atoms with van der Waals surface area (Å²) in [4.78, 5) is 21.6. The number of carboxylic acid groups (broad SMARTS) is 1. The van der Waals surface area contributed by atoms with Gasteiger partial charge in [-0.05, 0) is 25.5 Å². The van der Waals surface area contributed by atoms with Crippen LogP contribution < -0.4 is 11.1 Å². The Morgan fingerprint density at radius 2 is 1.81 bits per heavy atom. The molecule has 0 aliphatic heterocycles. The highest BCUT2D eigenvalue weighted by molar-refractivity contribution is 5.67. The average Bonchev–Trinajstić information content (AvgIpc) is 2.51. The van der Waals surface area contributed by atoms with Crippen LogP contribution in [-0.4, -0.2) is 30.8 Å². The Morgan fingerprint density at radius 1 is 1.14 bits per heavy atom. The molecular formula is C15H24N2O4. The minimum absolute atomic E-state index is 0.179. The quantitative estimate of drug-likeness (QED) is 0.638. The van der Waals surface area contributed by atoms with Crippen molar-refractivity contribution in [3.63, 3.8) is 0 Å². The lowest BCUT2D eigenvalue weighted by Crippen LogP contribution is -2.25. The fourth-order valence-electron chi connectivity index (χ4n) is 1.54. The largest absolute Gasteiger partial charge is 0.481 e. The SMILES string of the molecule is CN.O=C(O)CCCCCNC(=O)OCc1ccccc1. The summed E-state index contributed by atoms with van der Waals surface area (Å²) >= 11 is 0. The molecule has 0 bridgehead atoms. The van der Waals surface area contributed by atoms with Gasteiger partial charge in [-0.3, -0.25) is 4.79 Å². The van der Waals surface area contributed by atoms with Crippen molar-refractivity contribution in [2.45, 2.75) is 32.3 Å². The standard InChI is InChI=1S/C14H19NO4.CH5N/c16-13(17)9-5-2-6-10-15-14(18)19-11-12-7-3-1-4-8-12;1-2/h1,3-4,7-8H,2,5-6,9-11H2,(H,15,18)(H,16,17);2H2,1H3. The van der Waals surface area contributed by atoms with E-state index < -0.39 is 12.1 Å². The van der Waals surface area contributed by atoms with Gasteiger partial charge in [0.2, 0.25) is 0 Å². The molecular weight excluding hydrogens is 272 g/mol. The first-order chi connectivity index (χ1) is 10.2. The van der Waals surface area contributed by atoms with Crippen LogP contribution in [0.25, 0.3) is 0 Å². The third kappa shape index (κ3) is 11.4. The molecule has 0 aromatic heterocycles. The average molecular weight is 296 g/mol. The first-order valence-electron chi connectivity index (χ1n) is 6.92. The van der Waals surface area contributed by atoms with Gasteiger partial charge >= 0.3 is 12.1 Å². The number of nitrogens with one attached hydrogen (secondary N) is 1. The fourth-order valence-corrected chi connectivity index (χ4v) is 1.54. The molecule has 1 aromatic carbocycles. The normalized spacial score (nSPS) is 9.24. The van der Waals surface area contributed by atoms with Gasteiger partial charge in [-0.25, -0.2) is 4.79 Å². The number of alkyl carbamates (subject to hydrolysis) is 1. The summed E-state index contributed by atoms with van der Waals surface area (Å²) in [5, 5.41) is 11.1. The molecule has 4 N–H and O–H groups in total. The maximum Gasteiger partial charge on any atom is 0.407 e. The van der Waals surface area contributed by atoms with Gasteiger partial charge in [-0.2, -0.15) is 0 Å². The zero-order valence-electron chi connectivity index (χ0n) is 12.4. The van der Waals surface area contributed by atoms with Gasteiger partial charge in [0.15, 0.2) is 0 Å². The third-order valence-corrected chi connectivity index (χ3v) is 2.55. The molecule has 0 atom stereocenters. The smallest absolute Gasteiger partial charge is 0.407 e. The molecule has 0 saturated carbocycles. The van der Waals surface area contributed by atoms with Crippen LogP contribution in [0.1, 0.15) is 31.2 Å². The van der Waals surface area contributed by atoms with Crippen molar-refractivity contribution >= 4 is 12.1 Å². The van der Waals surface area contributed by atoms with Gasteiger partial charge in [0.05, 0.1) is 0 Å². The van der Waals surface area contributed by atoms with Gasteiger partial charge in [0, 0.05) is 13.0 Å². The van der Waals surface area contributed by atoms with Crippen molar-refractivity contribution in [3.8, 4) is 0 Å². The van der Waals surface area contributed by atoms with Gasteiger partial charge in [0.1, 0.15) is 6.61 Å². The van der Waals surface area contributed by atoms with E-state index in [4.69, 9.17) is 9.84 Å². The van der Waals surface area contributed by atoms with Crippen molar-refractivity contribution in [2.24, 2.45) is 5.73 Å². The van der Waals surface area contributed by atoms with Crippen LogP contribution in [-0.2, 0) is 16.1 Å². The van der Waals surface area contributed by atoms with Gasteiger partial charge < -0.3 is 20.9 Å². The number of rotatable bonds is 8. The molecule has 0 aliphatic rings. The number of carbonyl (C=O) groups excluding carboxylic acids is 1. The molecule has 0 unspecified atom stereocenters. The summed E-state index contributed by atoms with van der Waals surface area (Å²) < 4.78 is 5.03. The fraction of sp³-hybridized carbons (Fsp3) is 0.467. The van der Waals surface area contributed by atoms with Crippen molar-refractivity contribution in [3.05, 3.63) is 35.9 Å². The van der Waals surface area contributed by atoms with Crippen LogP contribution >= 0.6 is 0 Å². The zero-order chi connectivity index (χ0) is 15.9. The lowest BCUT2D eigenvalue weighted by Gasteiger charge is -2.06. The van der Waals surface area contributed by atoms with Gasteiger partial charge in [0.25, 0.3) is 0 Å². The second-order valence-electron chi connectivity index (χ2n) is 4.19. The number of hydrogen-bond acceptors (Lipinski definition) is 4. The molecule has 21 heavy (non-hydrogen) atoms. The monoisotopic (exact) mass is 296 g/mol. The number of hydrogen-bond donors (Lipinski definition) is 3. The maximum absolute atomic E-state index is 11.3. The molecule has 0 heterocycles. The Balaban J connectivity index is 0.00000191. The van der Waals surface area contributed by atoms with Crippen LogP contribution in [0.15, 0.2) is 30.3 Å². The van der Waals surface area contributed by atoms with Crippen molar-refractivity contribution in [1.29, 1.82) is 0 Å². The first-order valence-corrected chi connectivity index (χ1v) is 6.92. The number of ether oxygens (including phenoxy) is 1. The van der Waals surface area contributed by atoms with E-state index >= 15 is 0 Å². The summed E-state index contributed by atoms with van der Waals surface area (Å²) in [7, 11) is 1.50. The second kappa shape index (κ2) is 12.9. The minimum atomic E-state index is -0.782. The molecule has 0 fully saturated rings. The Bertz CT molecular complexity index is 396. The number of aliphatic carboxylic acids is 1. The van der Waals surface area contributed by atoms with Gasteiger partial charge in [-0.15, -0.1) is 0 Å². The van der Waals surface area contributed by atoms with E-state index in [1.54, 1.807) is 0 Å². The molecule has 0 aliphatic carbocycles. The summed E-state index contributed by atoms with van der Waals surface area (Å²) in [6.45, 7) is 0.763. The predicted molar refractivity (Wildman–Crippen MR) is 80.8 cm³/mol. The molecule has 1 amide bonds. The van der Waals surface area contributed by atoms with Crippen LogP contribution in [0.5, 0.6) is 0 Å². The van der Waals surface area contributed by atoms with Crippen LogP contribution in [0.4, 0.5) is 4.79 Å². The van der Waals surface area contributed by atoms with E-state index in [9.17, 15) is 9.59 Å². The topological polar surface area (TPSA) is 102 Å². The van der Waals surface area contributed by atoms with Crippen molar-refractivity contribution in [1.82, 2.24) is 5.32 Å². The summed E-state index contributed by atoms with van der Waals surface area (Å²) in [5.74, 6) is -0.782. The minimum Gasteiger partial charge on any atom is -0.481 e. The number of nitrogens with two attached hydrogens (primary N) is 1. The van der Waals surface area contributed by atoms with Gasteiger partial charge in [-0.1, -0.05) is 36.8 Å². The molecule has 0 saturated heterocycles. The molecule has 0 radical (unpaired) electrons. The zero-order valence-corrected chi connectivity index (χ0v) is 12.4. The molecule has 6 nitrogen and oxygen atoms in total. The predicted octanol–water partition coefficient (Wildman–Crippen LogP) is 2.13. The number of amides is 1. The van der Waals surface area contributed by atoms with Crippen LogP contribution in [0, 0.1) is 0 Å². The molecule has 118 valence electrons. The maximum atomic E-state index is 11.3. The Kier molecular flexibility index (Phi) is 11.6. The molecule has 1 aromatic rings. The summed E-state index contributed by atoms with van der Waals surface area (Å²) in [6, 6.07) is 9.46. The lowest BCUT2D eigenvalue weighted by molar-refractivity contribution is -0.137. The molecule has 6 heteroatoms.